The number of allylic oxidation sites excluding steroid dienone is 1. The van der Waals surface area contributed by atoms with Crippen molar-refractivity contribution in [2.24, 2.45) is 5.10 Å². The summed E-state index contributed by atoms with van der Waals surface area (Å²) in [5, 5.41) is 7.54. The lowest BCUT2D eigenvalue weighted by Crippen LogP contribution is -1.87. The van der Waals surface area contributed by atoms with Gasteiger partial charge in [-0.25, -0.2) is 4.98 Å². The second-order valence-corrected chi connectivity index (χ2v) is 5.84. The maximum atomic E-state index is 5.89. The number of thiazole rings is 1. The summed E-state index contributed by atoms with van der Waals surface area (Å²) in [6.07, 6.45) is 7.12. The molecule has 0 aliphatic carbocycles. The molecule has 3 aromatic rings. The van der Waals surface area contributed by atoms with Crippen molar-refractivity contribution in [2.45, 2.75) is 0 Å². The number of hydrogen-bond acceptors (Lipinski definition) is 5. The Labute approximate surface area is 143 Å². The van der Waals surface area contributed by atoms with E-state index in [0.29, 0.717) is 5.02 Å². The zero-order valence-electron chi connectivity index (χ0n) is 12.1. The standard InChI is InChI=1S/C17H13ClN4S/c18-14-8-6-13(7-9-14)16-12-23-17(21-16)22-20-11-3-5-15-4-1-2-10-19-15/h1-12H,(H,21,22)/b5-3+,20-11+. The Hall–Kier alpha value is -2.50. The van der Waals surface area contributed by atoms with Crippen LogP contribution in [0, 0.1) is 0 Å². The second-order valence-electron chi connectivity index (χ2n) is 4.55. The van der Waals surface area contributed by atoms with Crippen LogP contribution >= 0.6 is 22.9 Å². The molecule has 2 heterocycles. The van der Waals surface area contributed by atoms with Crippen molar-refractivity contribution in [3.63, 3.8) is 0 Å². The van der Waals surface area contributed by atoms with Crippen molar-refractivity contribution in [3.8, 4) is 11.3 Å². The fraction of sp³-hybridized carbons (Fsp3) is 0. The first-order valence-corrected chi connectivity index (χ1v) is 8.15. The molecule has 0 radical (unpaired) electrons. The molecule has 6 heteroatoms. The lowest BCUT2D eigenvalue weighted by Gasteiger charge is -1.96. The third kappa shape index (κ3) is 4.48. The van der Waals surface area contributed by atoms with E-state index in [1.54, 1.807) is 12.4 Å². The first-order chi connectivity index (χ1) is 11.3. The van der Waals surface area contributed by atoms with Gasteiger partial charge in [-0.1, -0.05) is 29.8 Å². The predicted octanol–water partition coefficient (Wildman–Crippen LogP) is 4.97. The molecule has 0 aliphatic heterocycles. The highest BCUT2D eigenvalue weighted by Gasteiger charge is 2.03. The molecule has 0 unspecified atom stereocenters. The summed E-state index contributed by atoms with van der Waals surface area (Å²) in [6.45, 7) is 0. The van der Waals surface area contributed by atoms with Crippen molar-refractivity contribution >= 4 is 40.4 Å². The van der Waals surface area contributed by atoms with Gasteiger partial charge in [-0.3, -0.25) is 10.4 Å². The molecular weight excluding hydrogens is 328 g/mol. The Balaban J connectivity index is 1.58. The van der Waals surface area contributed by atoms with Crippen LogP contribution in [-0.4, -0.2) is 16.2 Å². The minimum atomic E-state index is 0.714. The van der Waals surface area contributed by atoms with E-state index in [4.69, 9.17) is 11.6 Å². The topological polar surface area (TPSA) is 50.2 Å². The van der Waals surface area contributed by atoms with Crippen LogP contribution < -0.4 is 5.43 Å². The number of nitrogens with one attached hydrogen (secondary N) is 1. The number of pyridine rings is 1. The third-order valence-corrected chi connectivity index (χ3v) is 3.92. The van der Waals surface area contributed by atoms with Gasteiger partial charge < -0.3 is 0 Å². The van der Waals surface area contributed by atoms with E-state index in [-0.39, 0.29) is 0 Å². The number of rotatable bonds is 5. The van der Waals surface area contributed by atoms with Gasteiger partial charge in [0.05, 0.1) is 11.4 Å². The number of hydrazone groups is 1. The molecule has 0 bridgehead atoms. The third-order valence-electron chi connectivity index (χ3n) is 2.92. The summed E-state index contributed by atoms with van der Waals surface area (Å²) in [5.74, 6) is 0. The lowest BCUT2D eigenvalue weighted by molar-refractivity contribution is 1.29. The highest BCUT2D eigenvalue weighted by Crippen LogP contribution is 2.25. The average molecular weight is 341 g/mol. The molecule has 1 aromatic carbocycles. The molecule has 0 aliphatic rings. The number of nitrogens with zero attached hydrogens (tertiary/aromatic N) is 3. The maximum Gasteiger partial charge on any atom is 0.203 e. The van der Waals surface area contributed by atoms with E-state index in [2.05, 4.69) is 20.5 Å². The average Bonchev–Trinajstić information content (AvgIpc) is 3.05. The Morgan fingerprint density at radius 1 is 1.13 bits per heavy atom. The fourth-order valence-corrected chi connectivity index (χ4v) is 2.62. The van der Waals surface area contributed by atoms with Crippen molar-refractivity contribution in [3.05, 3.63) is 70.8 Å². The van der Waals surface area contributed by atoms with Crippen LogP contribution in [-0.2, 0) is 0 Å². The van der Waals surface area contributed by atoms with E-state index in [9.17, 15) is 0 Å². The molecule has 1 N–H and O–H groups in total. The fourth-order valence-electron chi connectivity index (χ4n) is 1.83. The number of hydrogen-bond donors (Lipinski definition) is 1. The zero-order chi connectivity index (χ0) is 15.9. The quantitative estimate of drug-likeness (QED) is 0.527. The molecule has 0 saturated carbocycles. The summed E-state index contributed by atoms with van der Waals surface area (Å²) in [4.78, 5) is 8.67. The number of halogens is 1. The monoisotopic (exact) mass is 340 g/mol. The molecule has 3 rings (SSSR count). The summed E-state index contributed by atoms with van der Waals surface area (Å²) < 4.78 is 0. The van der Waals surface area contributed by atoms with Crippen molar-refractivity contribution < 1.29 is 0 Å². The molecule has 0 atom stereocenters. The number of aromatic nitrogens is 2. The SMILES string of the molecule is Clc1ccc(-c2csc(N/N=C/C=C/c3ccccn3)n2)cc1. The molecular formula is C17H13ClN4S. The molecule has 23 heavy (non-hydrogen) atoms. The first-order valence-electron chi connectivity index (χ1n) is 6.89. The second kappa shape index (κ2) is 7.67. The van der Waals surface area contributed by atoms with Gasteiger partial charge in [-0.2, -0.15) is 5.10 Å². The highest BCUT2D eigenvalue weighted by atomic mass is 35.5. The maximum absolute atomic E-state index is 5.89. The molecule has 114 valence electrons. The van der Waals surface area contributed by atoms with Gasteiger partial charge in [0.15, 0.2) is 0 Å². The Bertz CT molecular complexity index is 810. The smallest absolute Gasteiger partial charge is 0.203 e. The van der Waals surface area contributed by atoms with Crippen LogP contribution in [0.25, 0.3) is 17.3 Å². The molecule has 0 spiro atoms. The number of anilines is 1. The van der Waals surface area contributed by atoms with Crippen LogP contribution in [0.4, 0.5) is 5.13 Å². The van der Waals surface area contributed by atoms with Gasteiger partial charge in [-0.05, 0) is 36.4 Å². The van der Waals surface area contributed by atoms with Crippen molar-refractivity contribution in [1.29, 1.82) is 0 Å². The summed E-state index contributed by atoms with van der Waals surface area (Å²) in [7, 11) is 0. The van der Waals surface area contributed by atoms with Gasteiger partial charge >= 0.3 is 0 Å². The van der Waals surface area contributed by atoms with Crippen LogP contribution in [0.15, 0.2) is 65.2 Å². The minimum absolute atomic E-state index is 0.714. The predicted molar refractivity (Wildman–Crippen MR) is 97.9 cm³/mol. The molecule has 0 amide bonds. The molecule has 0 saturated heterocycles. The first kappa shape index (κ1) is 15.4. The van der Waals surface area contributed by atoms with Gasteiger partial charge in [0.1, 0.15) is 0 Å². The largest absolute Gasteiger partial charge is 0.257 e. The summed E-state index contributed by atoms with van der Waals surface area (Å²) in [5.41, 5.74) is 5.72. The Morgan fingerprint density at radius 3 is 2.78 bits per heavy atom. The van der Waals surface area contributed by atoms with Crippen LogP contribution in [0.5, 0.6) is 0 Å². The summed E-state index contributed by atoms with van der Waals surface area (Å²) in [6, 6.07) is 13.3. The summed E-state index contributed by atoms with van der Waals surface area (Å²) >= 11 is 7.38. The van der Waals surface area contributed by atoms with Crippen LogP contribution in [0.1, 0.15) is 5.69 Å². The highest BCUT2D eigenvalue weighted by molar-refractivity contribution is 7.14. The van der Waals surface area contributed by atoms with Crippen LogP contribution in [0.2, 0.25) is 5.02 Å². The van der Waals surface area contributed by atoms with E-state index in [1.165, 1.54) is 11.3 Å². The normalized spacial score (nSPS) is 11.3. The zero-order valence-corrected chi connectivity index (χ0v) is 13.6. The van der Waals surface area contributed by atoms with E-state index in [0.717, 1.165) is 22.1 Å². The van der Waals surface area contributed by atoms with Crippen LogP contribution in [0.3, 0.4) is 0 Å². The molecule has 4 nitrogen and oxygen atoms in total. The van der Waals surface area contributed by atoms with E-state index in [1.807, 2.05) is 60.0 Å². The van der Waals surface area contributed by atoms with E-state index < -0.39 is 0 Å². The van der Waals surface area contributed by atoms with Crippen molar-refractivity contribution in [1.82, 2.24) is 9.97 Å². The minimum Gasteiger partial charge on any atom is -0.257 e. The van der Waals surface area contributed by atoms with Gasteiger partial charge in [0.2, 0.25) is 5.13 Å². The van der Waals surface area contributed by atoms with Crippen molar-refractivity contribution in [2.75, 3.05) is 5.43 Å². The Morgan fingerprint density at radius 2 is 2.00 bits per heavy atom. The van der Waals surface area contributed by atoms with E-state index >= 15 is 0 Å². The molecule has 0 fully saturated rings. The number of benzene rings is 1. The van der Waals surface area contributed by atoms with Gasteiger partial charge in [-0.15, -0.1) is 11.3 Å². The lowest BCUT2D eigenvalue weighted by atomic mass is 10.2. The Kier molecular flexibility index (Phi) is 5.13. The molecule has 2 aromatic heterocycles. The van der Waals surface area contributed by atoms with Gasteiger partial charge in [0, 0.05) is 28.4 Å². The van der Waals surface area contributed by atoms with Gasteiger partial charge in [0.25, 0.3) is 0 Å².